The number of nitrogens with one attached hydrogen (secondary N) is 1. The molecule has 0 saturated heterocycles. The molecule has 0 saturated carbocycles. The number of aryl methyl sites for hydroxylation is 1. The van der Waals surface area contributed by atoms with E-state index in [4.69, 9.17) is 11.6 Å². The molecule has 0 spiro atoms. The van der Waals surface area contributed by atoms with Crippen molar-refractivity contribution in [3.8, 4) is 16.9 Å². The summed E-state index contributed by atoms with van der Waals surface area (Å²) in [4.78, 5) is 17.1. The number of rotatable bonds is 6. The Morgan fingerprint density at radius 2 is 1.77 bits per heavy atom. The molecule has 7 heteroatoms. The number of benzene rings is 3. The fourth-order valence-electron chi connectivity index (χ4n) is 3.17. The van der Waals surface area contributed by atoms with E-state index in [1.807, 2.05) is 30.5 Å². The zero-order valence-electron chi connectivity index (χ0n) is 16.7. The first-order chi connectivity index (χ1) is 15.0. The van der Waals surface area contributed by atoms with Crippen LogP contribution in [0.1, 0.15) is 5.56 Å². The van der Waals surface area contributed by atoms with Crippen molar-refractivity contribution in [3.63, 3.8) is 0 Å². The van der Waals surface area contributed by atoms with Gasteiger partial charge in [0.1, 0.15) is 0 Å². The normalized spacial score (nSPS) is 10.8. The number of hydrogen-bond acceptors (Lipinski definition) is 3. The van der Waals surface area contributed by atoms with Crippen molar-refractivity contribution in [1.29, 1.82) is 0 Å². The highest BCUT2D eigenvalue weighted by Crippen LogP contribution is 2.32. The molecule has 4 aromatic rings. The Bertz CT molecular complexity index is 1210. The Kier molecular flexibility index (Phi) is 6.80. The second-order valence-corrected chi connectivity index (χ2v) is 9.19. The highest BCUT2D eigenvalue weighted by molar-refractivity contribution is 9.10. The van der Waals surface area contributed by atoms with E-state index in [9.17, 15) is 4.79 Å². The Labute approximate surface area is 198 Å². The minimum atomic E-state index is -0.100. The van der Waals surface area contributed by atoms with Crippen molar-refractivity contribution in [2.24, 2.45) is 0 Å². The minimum Gasteiger partial charge on any atom is -0.325 e. The molecular formula is C24H19BrClN3OS. The standard InChI is InChI=1S/C24H19BrClN3OS/c1-16-4-2-3-5-21(16)29-22(17-6-8-18(25)9-7-17)14-27-24(29)31-15-23(30)28-20-12-10-19(26)11-13-20/h2-14H,15H2,1H3,(H,28,30). The van der Waals surface area contributed by atoms with Gasteiger partial charge in [0.25, 0.3) is 0 Å². The minimum absolute atomic E-state index is 0.100. The van der Waals surface area contributed by atoms with Gasteiger partial charge in [0.15, 0.2) is 5.16 Å². The molecule has 3 aromatic carbocycles. The largest absolute Gasteiger partial charge is 0.325 e. The van der Waals surface area contributed by atoms with E-state index in [1.54, 1.807) is 24.3 Å². The van der Waals surface area contributed by atoms with E-state index in [0.717, 1.165) is 32.1 Å². The monoisotopic (exact) mass is 511 g/mol. The Morgan fingerprint density at radius 3 is 2.48 bits per heavy atom. The first-order valence-corrected chi connectivity index (χ1v) is 11.7. The van der Waals surface area contributed by atoms with E-state index in [1.165, 1.54) is 11.8 Å². The summed E-state index contributed by atoms with van der Waals surface area (Å²) in [6, 6.07) is 23.4. The predicted molar refractivity (Wildman–Crippen MR) is 132 cm³/mol. The van der Waals surface area contributed by atoms with Crippen LogP contribution in [-0.2, 0) is 4.79 Å². The zero-order chi connectivity index (χ0) is 21.8. The van der Waals surface area contributed by atoms with Gasteiger partial charge in [0, 0.05) is 20.7 Å². The van der Waals surface area contributed by atoms with E-state index >= 15 is 0 Å². The van der Waals surface area contributed by atoms with Crippen LogP contribution < -0.4 is 5.32 Å². The second-order valence-electron chi connectivity index (χ2n) is 6.90. The third-order valence-corrected chi connectivity index (χ3v) is 6.42. The summed E-state index contributed by atoms with van der Waals surface area (Å²) < 4.78 is 3.13. The molecule has 1 amide bonds. The Morgan fingerprint density at radius 1 is 1.06 bits per heavy atom. The smallest absolute Gasteiger partial charge is 0.234 e. The van der Waals surface area contributed by atoms with Crippen LogP contribution in [0.5, 0.6) is 0 Å². The third-order valence-electron chi connectivity index (χ3n) is 4.69. The molecule has 31 heavy (non-hydrogen) atoms. The van der Waals surface area contributed by atoms with Crippen LogP contribution in [0.2, 0.25) is 5.02 Å². The molecule has 156 valence electrons. The van der Waals surface area contributed by atoms with Crippen LogP contribution in [0.4, 0.5) is 5.69 Å². The number of halogens is 2. The van der Waals surface area contributed by atoms with Gasteiger partial charge in [0.05, 0.1) is 23.3 Å². The Balaban J connectivity index is 1.61. The van der Waals surface area contributed by atoms with Crippen LogP contribution in [0.3, 0.4) is 0 Å². The van der Waals surface area contributed by atoms with Gasteiger partial charge in [-0.25, -0.2) is 4.98 Å². The van der Waals surface area contributed by atoms with Gasteiger partial charge in [-0.15, -0.1) is 0 Å². The van der Waals surface area contributed by atoms with Crippen molar-refractivity contribution >= 4 is 50.9 Å². The van der Waals surface area contributed by atoms with Gasteiger partial charge in [0.2, 0.25) is 5.91 Å². The number of para-hydroxylation sites is 1. The molecule has 0 aliphatic carbocycles. The summed E-state index contributed by atoms with van der Waals surface area (Å²) in [5.41, 5.74) is 4.91. The molecule has 0 atom stereocenters. The number of imidazole rings is 1. The summed E-state index contributed by atoms with van der Waals surface area (Å²) in [6.07, 6.45) is 1.86. The predicted octanol–water partition coefficient (Wildman–Crippen LogP) is 6.99. The summed E-state index contributed by atoms with van der Waals surface area (Å²) in [7, 11) is 0. The van der Waals surface area contributed by atoms with Gasteiger partial charge < -0.3 is 5.32 Å². The number of carbonyl (C=O) groups is 1. The van der Waals surface area contributed by atoms with Crippen LogP contribution in [0.15, 0.2) is 88.6 Å². The second kappa shape index (κ2) is 9.73. The van der Waals surface area contributed by atoms with Crippen LogP contribution >= 0.6 is 39.3 Å². The highest BCUT2D eigenvalue weighted by atomic mass is 79.9. The number of amides is 1. The van der Waals surface area contributed by atoms with Crippen LogP contribution in [0.25, 0.3) is 16.9 Å². The number of carbonyl (C=O) groups excluding carboxylic acids is 1. The van der Waals surface area contributed by atoms with Gasteiger partial charge in [-0.05, 0) is 55.0 Å². The molecule has 0 unspecified atom stereocenters. The maximum atomic E-state index is 12.5. The molecule has 4 rings (SSSR count). The average molecular weight is 513 g/mol. The summed E-state index contributed by atoms with van der Waals surface area (Å²) >= 11 is 10.8. The summed E-state index contributed by atoms with van der Waals surface area (Å²) in [5.74, 6) is 0.141. The van der Waals surface area contributed by atoms with Crippen molar-refractivity contribution in [1.82, 2.24) is 9.55 Å². The van der Waals surface area contributed by atoms with Crippen molar-refractivity contribution in [2.45, 2.75) is 12.1 Å². The van der Waals surface area contributed by atoms with Gasteiger partial charge in [-0.1, -0.05) is 69.6 Å². The SMILES string of the molecule is Cc1ccccc1-n1c(-c2ccc(Br)cc2)cnc1SCC(=O)Nc1ccc(Cl)cc1. The number of hydrogen-bond donors (Lipinski definition) is 1. The first kappa shape index (κ1) is 21.7. The lowest BCUT2D eigenvalue weighted by molar-refractivity contribution is -0.113. The zero-order valence-corrected chi connectivity index (χ0v) is 19.8. The lowest BCUT2D eigenvalue weighted by Crippen LogP contribution is -2.14. The lowest BCUT2D eigenvalue weighted by atomic mass is 10.1. The average Bonchev–Trinajstić information content (AvgIpc) is 3.18. The fourth-order valence-corrected chi connectivity index (χ4v) is 4.34. The van der Waals surface area contributed by atoms with E-state index in [-0.39, 0.29) is 11.7 Å². The van der Waals surface area contributed by atoms with E-state index in [0.29, 0.717) is 10.7 Å². The van der Waals surface area contributed by atoms with E-state index < -0.39 is 0 Å². The van der Waals surface area contributed by atoms with Crippen LogP contribution in [0, 0.1) is 6.92 Å². The molecule has 1 N–H and O–H groups in total. The molecular weight excluding hydrogens is 494 g/mol. The van der Waals surface area contributed by atoms with Crippen molar-refractivity contribution in [2.75, 3.05) is 11.1 Å². The summed E-state index contributed by atoms with van der Waals surface area (Å²) in [6.45, 7) is 2.07. The van der Waals surface area contributed by atoms with Gasteiger partial charge in [-0.3, -0.25) is 9.36 Å². The molecule has 0 aliphatic heterocycles. The first-order valence-electron chi connectivity index (χ1n) is 9.59. The number of aromatic nitrogens is 2. The summed E-state index contributed by atoms with van der Waals surface area (Å²) in [5, 5.41) is 4.29. The molecule has 0 bridgehead atoms. The number of thioether (sulfide) groups is 1. The molecule has 0 radical (unpaired) electrons. The molecule has 4 nitrogen and oxygen atoms in total. The van der Waals surface area contributed by atoms with Gasteiger partial charge >= 0.3 is 0 Å². The number of anilines is 1. The van der Waals surface area contributed by atoms with E-state index in [2.05, 4.69) is 62.0 Å². The molecule has 0 fully saturated rings. The maximum absolute atomic E-state index is 12.5. The van der Waals surface area contributed by atoms with Crippen LogP contribution in [-0.4, -0.2) is 21.2 Å². The highest BCUT2D eigenvalue weighted by Gasteiger charge is 2.17. The fraction of sp³-hybridized carbons (Fsp3) is 0.0833. The molecule has 0 aliphatic rings. The molecule has 1 aromatic heterocycles. The number of nitrogens with zero attached hydrogens (tertiary/aromatic N) is 2. The van der Waals surface area contributed by atoms with Crippen molar-refractivity contribution < 1.29 is 4.79 Å². The van der Waals surface area contributed by atoms with Gasteiger partial charge in [-0.2, -0.15) is 0 Å². The maximum Gasteiger partial charge on any atom is 0.234 e. The third kappa shape index (κ3) is 5.21. The quantitative estimate of drug-likeness (QED) is 0.283. The lowest BCUT2D eigenvalue weighted by Gasteiger charge is -2.14. The van der Waals surface area contributed by atoms with Crippen molar-refractivity contribution in [3.05, 3.63) is 94.1 Å². The Hall–Kier alpha value is -2.54. The topological polar surface area (TPSA) is 46.9 Å². The molecule has 1 heterocycles.